The van der Waals surface area contributed by atoms with Crippen LogP contribution in [0.3, 0.4) is 0 Å². The molecule has 10 nitrogen and oxygen atoms in total. The van der Waals surface area contributed by atoms with E-state index in [9.17, 15) is 19.5 Å². The fourth-order valence-corrected chi connectivity index (χ4v) is 4.84. The highest BCUT2D eigenvalue weighted by Gasteiger charge is 2.41. The molecule has 3 aromatic rings. The molecule has 11 heteroatoms. The molecule has 4 rings (SSSR count). The number of amides is 3. The van der Waals surface area contributed by atoms with Crippen LogP contribution in [0, 0.1) is 0 Å². The Balaban J connectivity index is 1.72. The molecule has 2 aromatic heterocycles. The number of carbonyl (C=O) groups is 3. The second-order valence-electron chi connectivity index (χ2n) is 9.18. The molecule has 1 fully saturated rings. The highest BCUT2D eigenvalue weighted by atomic mass is 32.1. The second-order valence-corrected chi connectivity index (χ2v) is 10.1. The van der Waals surface area contributed by atoms with Crippen LogP contribution in [0.5, 0.6) is 0 Å². The molecule has 38 heavy (non-hydrogen) atoms. The first-order valence-electron chi connectivity index (χ1n) is 12.7. The molecular weight excluding hydrogens is 504 g/mol. The van der Waals surface area contributed by atoms with E-state index in [1.807, 2.05) is 11.5 Å². The van der Waals surface area contributed by atoms with Crippen LogP contribution in [0.1, 0.15) is 72.7 Å². The lowest BCUT2D eigenvalue weighted by molar-refractivity contribution is -0.123. The van der Waals surface area contributed by atoms with E-state index in [-0.39, 0.29) is 29.7 Å². The minimum atomic E-state index is -0.979. The van der Waals surface area contributed by atoms with Gasteiger partial charge in [0.2, 0.25) is 0 Å². The highest BCUT2D eigenvalue weighted by molar-refractivity contribution is 7.13. The lowest BCUT2D eigenvalue weighted by atomic mass is 10.1. The summed E-state index contributed by atoms with van der Waals surface area (Å²) in [6.07, 6.45) is 7.71. The standard InChI is InChI=1S/C27H32N6O4S/c1-3-5-7-23-29-14-21(32(23)15-18-8-10-19(11-9-18)25(35)36)13-22-24(34)31(12-6-4-2)27(37)33(22)16-20-17-38-26(28)30-20/h8-11,13-14,17H,3-7,12,15-16H2,1-2H3,(H2,28,30)(H,35,36)/b22-13-. The number of unbranched alkanes of at least 4 members (excludes halogenated alkanes) is 2. The fraction of sp³-hybridized carbons (Fsp3) is 0.370. The Bertz CT molecular complexity index is 1340. The number of aromatic nitrogens is 3. The van der Waals surface area contributed by atoms with Crippen molar-refractivity contribution in [2.24, 2.45) is 0 Å². The quantitative estimate of drug-likeness (QED) is 0.255. The van der Waals surface area contributed by atoms with Crippen LogP contribution in [0.4, 0.5) is 9.93 Å². The van der Waals surface area contributed by atoms with Crippen LogP contribution < -0.4 is 5.73 Å². The van der Waals surface area contributed by atoms with Crippen molar-refractivity contribution in [1.82, 2.24) is 24.3 Å². The summed E-state index contributed by atoms with van der Waals surface area (Å²) >= 11 is 1.29. The first kappa shape index (κ1) is 27.1. The Morgan fingerprint density at radius 2 is 1.82 bits per heavy atom. The molecule has 3 amide bonds. The molecule has 1 saturated heterocycles. The van der Waals surface area contributed by atoms with Gasteiger partial charge >= 0.3 is 12.0 Å². The van der Waals surface area contributed by atoms with Crippen LogP contribution in [-0.4, -0.2) is 53.9 Å². The zero-order chi connectivity index (χ0) is 27.2. The van der Waals surface area contributed by atoms with E-state index in [0.717, 1.165) is 37.1 Å². The maximum atomic E-state index is 13.4. The largest absolute Gasteiger partial charge is 0.478 e. The average molecular weight is 537 g/mol. The maximum absolute atomic E-state index is 13.4. The van der Waals surface area contributed by atoms with Crippen molar-refractivity contribution in [3.05, 3.63) is 69.9 Å². The number of carboxylic acid groups (broad SMARTS) is 1. The van der Waals surface area contributed by atoms with Crippen LogP contribution in [-0.2, 0) is 24.3 Å². The van der Waals surface area contributed by atoms with Gasteiger partial charge in [-0.15, -0.1) is 11.3 Å². The highest BCUT2D eigenvalue weighted by Crippen LogP contribution is 2.28. The molecule has 0 aliphatic carbocycles. The Hall–Kier alpha value is -3.99. The third kappa shape index (κ3) is 5.94. The van der Waals surface area contributed by atoms with Crippen molar-refractivity contribution >= 4 is 40.5 Å². The SMILES string of the molecule is CCCCc1ncc(/C=C2/C(=O)N(CCCC)C(=O)N2Cc2csc(N)n2)n1Cc1ccc(C(=O)O)cc1. The van der Waals surface area contributed by atoms with Crippen molar-refractivity contribution < 1.29 is 19.5 Å². The number of nitrogen functional groups attached to an aromatic ring is 1. The molecule has 1 aromatic carbocycles. The van der Waals surface area contributed by atoms with Crippen molar-refractivity contribution in [1.29, 1.82) is 0 Å². The second kappa shape index (κ2) is 12.0. The van der Waals surface area contributed by atoms with Gasteiger partial charge in [0.05, 0.1) is 29.7 Å². The average Bonchev–Trinajstić information content (AvgIpc) is 3.55. The number of urea groups is 1. The number of carbonyl (C=O) groups excluding carboxylic acids is 2. The molecule has 0 unspecified atom stereocenters. The fourth-order valence-electron chi connectivity index (χ4n) is 4.29. The number of thiazole rings is 1. The Kier molecular flexibility index (Phi) is 8.57. The lowest BCUT2D eigenvalue weighted by Gasteiger charge is -2.16. The minimum absolute atomic E-state index is 0.139. The van der Waals surface area contributed by atoms with Gasteiger partial charge in [0, 0.05) is 24.9 Å². The van der Waals surface area contributed by atoms with Gasteiger partial charge in [-0.3, -0.25) is 14.6 Å². The van der Waals surface area contributed by atoms with Crippen LogP contribution >= 0.6 is 11.3 Å². The number of carboxylic acids is 1. The first-order chi connectivity index (χ1) is 18.3. The monoisotopic (exact) mass is 536 g/mol. The molecule has 0 saturated carbocycles. The van der Waals surface area contributed by atoms with Crippen LogP contribution in [0.15, 0.2) is 41.5 Å². The normalized spacial score (nSPS) is 14.7. The number of imide groups is 1. The summed E-state index contributed by atoms with van der Waals surface area (Å²) in [6, 6.07) is 6.33. The summed E-state index contributed by atoms with van der Waals surface area (Å²) in [5.41, 5.74) is 8.49. The molecule has 0 spiro atoms. The molecule has 3 heterocycles. The molecule has 0 atom stereocenters. The summed E-state index contributed by atoms with van der Waals surface area (Å²) in [7, 11) is 0. The maximum Gasteiger partial charge on any atom is 0.335 e. The van der Waals surface area contributed by atoms with E-state index in [1.54, 1.807) is 41.9 Å². The van der Waals surface area contributed by atoms with Gasteiger partial charge in [0.1, 0.15) is 11.5 Å². The molecule has 1 aliphatic heterocycles. The molecule has 0 bridgehead atoms. The molecular formula is C27H32N6O4S. The topological polar surface area (TPSA) is 135 Å². The summed E-state index contributed by atoms with van der Waals surface area (Å²) < 4.78 is 2.02. The molecule has 200 valence electrons. The zero-order valence-corrected chi connectivity index (χ0v) is 22.4. The smallest absolute Gasteiger partial charge is 0.335 e. The predicted molar refractivity (Wildman–Crippen MR) is 145 cm³/mol. The van der Waals surface area contributed by atoms with Crippen molar-refractivity contribution in [3.8, 4) is 0 Å². The van der Waals surface area contributed by atoms with Gasteiger partial charge in [-0.05, 0) is 36.6 Å². The Labute approximate surface area is 225 Å². The number of nitrogens with zero attached hydrogens (tertiary/aromatic N) is 5. The number of imidazole rings is 1. The van der Waals surface area contributed by atoms with Gasteiger partial charge in [-0.25, -0.2) is 19.6 Å². The molecule has 3 N–H and O–H groups in total. The number of hydrogen-bond donors (Lipinski definition) is 2. The Morgan fingerprint density at radius 1 is 1.08 bits per heavy atom. The number of aromatic carboxylic acids is 1. The minimum Gasteiger partial charge on any atom is -0.478 e. The van der Waals surface area contributed by atoms with Gasteiger partial charge in [-0.1, -0.05) is 38.8 Å². The van der Waals surface area contributed by atoms with Crippen molar-refractivity contribution in [2.45, 2.75) is 59.0 Å². The van der Waals surface area contributed by atoms with Crippen LogP contribution in [0.2, 0.25) is 0 Å². The lowest BCUT2D eigenvalue weighted by Crippen LogP contribution is -2.33. The van der Waals surface area contributed by atoms with E-state index >= 15 is 0 Å². The zero-order valence-electron chi connectivity index (χ0n) is 21.6. The summed E-state index contributed by atoms with van der Waals surface area (Å²) in [4.78, 5) is 49.7. The molecule has 1 aliphatic rings. The number of nitrogens with two attached hydrogens (primary N) is 1. The number of rotatable bonds is 12. The van der Waals surface area contributed by atoms with E-state index < -0.39 is 5.97 Å². The first-order valence-corrected chi connectivity index (χ1v) is 13.6. The predicted octanol–water partition coefficient (Wildman–Crippen LogP) is 4.62. The molecule has 0 radical (unpaired) electrons. The van der Waals surface area contributed by atoms with Crippen LogP contribution in [0.25, 0.3) is 6.08 Å². The van der Waals surface area contributed by atoms with E-state index in [0.29, 0.717) is 36.0 Å². The number of benzene rings is 1. The Morgan fingerprint density at radius 3 is 2.45 bits per heavy atom. The number of anilines is 1. The summed E-state index contributed by atoms with van der Waals surface area (Å²) in [5.74, 6) is -0.466. The van der Waals surface area contributed by atoms with Gasteiger partial charge in [0.25, 0.3) is 5.91 Å². The third-order valence-corrected chi connectivity index (χ3v) is 7.11. The van der Waals surface area contributed by atoms with E-state index in [4.69, 9.17) is 5.73 Å². The number of aryl methyl sites for hydroxylation is 1. The summed E-state index contributed by atoms with van der Waals surface area (Å²) in [5, 5.41) is 11.4. The summed E-state index contributed by atoms with van der Waals surface area (Å²) in [6.45, 7) is 5.05. The van der Waals surface area contributed by atoms with Crippen molar-refractivity contribution in [2.75, 3.05) is 12.3 Å². The number of hydrogen-bond acceptors (Lipinski definition) is 7. The van der Waals surface area contributed by atoms with Gasteiger partial charge in [-0.2, -0.15) is 0 Å². The van der Waals surface area contributed by atoms with E-state index in [1.165, 1.54) is 21.1 Å². The van der Waals surface area contributed by atoms with Gasteiger partial charge < -0.3 is 15.4 Å². The van der Waals surface area contributed by atoms with Gasteiger partial charge in [0.15, 0.2) is 5.13 Å². The van der Waals surface area contributed by atoms with E-state index in [2.05, 4.69) is 16.9 Å². The van der Waals surface area contributed by atoms with Crippen molar-refractivity contribution in [3.63, 3.8) is 0 Å². The third-order valence-electron chi connectivity index (χ3n) is 6.39.